The smallest absolute Gasteiger partial charge is 0.0305 e. The van der Waals surface area contributed by atoms with Crippen LogP contribution in [-0.4, -0.2) is 17.0 Å². The van der Waals surface area contributed by atoms with Crippen LogP contribution in [0.5, 0.6) is 0 Å². The van der Waals surface area contributed by atoms with E-state index in [1.54, 1.807) is 0 Å². The lowest BCUT2D eigenvalue weighted by Crippen LogP contribution is -2.38. The zero-order valence-electron chi connectivity index (χ0n) is 22.6. The maximum Gasteiger partial charge on any atom is 0.0305 e. The Morgan fingerprint density at radius 2 is 0.938 bits per heavy atom. The van der Waals surface area contributed by atoms with Gasteiger partial charge in [0.1, 0.15) is 0 Å². The van der Waals surface area contributed by atoms with Crippen LogP contribution >= 0.6 is 11.8 Å². The molecule has 0 aromatic rings. The average Bonchev–Trinajstić information content (AvgIpc) is 3.23. The molecule has 1 unspecified atom stereocenters. The number of nitrogens with zero attached hydrogens (tertiary/aromatic N) is 1. The first-order valence-corrected chi connectivity index (χ1v) is 15.4. The van der Waals surface area contributed by atoms with Crippen molar-refractivity contribution in [2.75, 3.05) is 6.54 Å². The number of halogens is 1. The van der Waals surface area contributed by atoms with Gasteiger partial charge in [0.2, 0.25) is 0 Å². The minimum Gasteiger partial charge on any atom is -0.217 e. The molecule has 0 radical (unpaired) electrons. The normalized spacial score (nSPS) is 17.4. The fraction of sp³-hybridized carbons (Fsp3) is 1.00. The van der Waals surface area contributed by atoms with Crippen LogP contribution in [0, 0.1) is 5.41 Å². The molecule has 192 valence electrons. The van der Waals surface area contributed by atoms with Gasteiger partial charge in [-0.15, -0.1) is 0 Å². The van der Waals surface area contributed by atoms with E-state index in [2.05, 4.69) is 25.2 Å². The lowest BCUT2D eigenvalue weighted by atomic mass is 9.73. The molecular weight excluding hydrogens is 410 g/mol. The molecule has 0 spiro atoms. The third-order valence-corrected chi connectivity index (χ3v) is 8.60. The van der Waals surface area contributed by atoms with Gasteiger partial charge in [-0.1, -0.05) is 149 Å². The van der Waals surface area contributed by atoms with Crippen molar-refractivity contribution in [2.45, 2.75) is 181 Å². The molecule has 1 atom stereocenters. The summed E-state index contributed by atoms with van der Waals surface area (Å²) in [6.07, 6.45) is 34.0. The monoisotopic (exact) mass is 469 g/mol. The van der Waals surface area contributed by atoms with Crippen LogP contribution in [0.4, 0.5) is 0 Å². The van der Waals surface area contributed by atoms with Crippen LogP contribution in [0.15, 0.2) is 0 Å². The summed E-state index contributed by atoms with van der Waals surface area (Å²) in [4.78, 5) is 0. The predicted octanol–water partition coefficient (Wildman–Crippen LogP) is 11.2. The summed E-state index contributed by atoms with van der Waals surface area (Å²) in [5.41, 5.74) is 0.429. The Hall–Kier alpha value is 0.250. The number of hydrogen-bond donors (Lipinski definition) is 0. The summed E-state index contributed by atoms with van der Waals surface area (Å²) >= 11 is 6.66. The van der Waals surface area contributed by atoms with E-state index >= 15 is 0 Å². The van der Waals surface area contributed by atoms with E-state index in [1.807, 2.05) is 0 Å². The third kappa shape index (κ3) is 14.5. The van der Waals surface area contributed by atoms with Gasteiger partial charge in [-0.25, -0.2) is 4.42 Å². The molecule has 0 aromatic heterocycles. The van der Waals surface area contributed by atoms with Gasteiger partial charge in [-0.3, -0.25) is 0 Å². The van der Waals surface area contributed by atoms with Crippen molar-refractivity contribution in [3.8, 4) is 0 Å². The first-order chi connectivity index (χ1) is 15.6. The molecule has 0 saturated carbocycles. The number of hydrogen-bond acceptors (Lipinski definition) is 1. The van der Waals surface area contributed by atoms with Crippen molar-refractivity contribution in [1.82, 2.24) is 4.42 Å². The summed E-state index contributed by atoms with van der Waals surface area (Å²) in [6.45, 7) is 8.27. The predicted molar refractivity (Wildman–Crippen MR) is 147 cm³/mol. The van der Waals surface area contributed by atoms with Gasteiger partial charge < -0.3 is 0 Å². The van der Waals surface area contributed by atoms with Crippen LogP contribution in [0.25, 0.3) is 0 Å². The van der Waals surface area contributed by atoms with E-state index < -0.39 is 0 Å². The van der Waals surface area contributed by atoms with Crippen LogP contribution in [0.1, 0.15) is 175 Å². The van der Waals surface area contributed by atoms with E-state index in [0.717, 1.165) is 6.54 Å². The lowest BCUT2D eigenvalue weighted by Gasteiger charge is -2.38. The second kappa shape index (κ2) is 20.6. The highest BCUT2D eigenvalue weighted by molar-refractivity contribution is 6.13. The minimum atomic E-state index is 0.429. The SMILES string of the molecule is CCCCCCCCCCCCC(C)(CCCCCCCCCCCC)C1CCCN1Cl. The van der Waals surface area contributed by atoms with Crippen molar-refractivity contribution >= 4 is 11.8 Å². The average molecular weight is 470 g/mol. The quantitative estimate of drug-likeness (QED) is 0.106. The van der Waals surface area contributed by atoms with Crippen molar-refractivity contribution < 1.29 is 0 Å². The Bertz CT molecular complexity index is 372. The third-order valence-electron chi connectivity index (χ3n) is 8.19. The molecule has 0 bridgehead atoms. The Labute approximate surface area is 208 Å². The molecule has 1 saturated heterocycles. The van der Waals surface area contributed by atoms with Crippen molar-refractivity contribution in [3.05, 3.63) is 0 Å². The Balaban J connectivity index is 2.17. The molecule has 1 nitrogen and oxygen atoms in total. The summed E-state index contributed by atoms with van der Waals surface area (Å²) in [5.74, 6) is 0. The topological polar surface area (TPSA) is 3.24 Å². The Morgan fingerprint density at radius 3 is 1.25 bits per heavy atom. The molecule has 1 heterocycles. The summed E-state index contributed by atoms with van der Waals surface area (Å²) < 4.78 is 2.17. The summed E-state index contributed by atoms with van der Waals surface area (Å²) in [5, 5.41) is 0. The maximum absolute atomic E-state index is 6.66. The first kappa shape index (κ1) is 30.3. The van der Waals surface area contributed by atoms with Crippen LogP contribution in [-0.2, 0) is 0 Å². The molecule has 1 aliphatic heterocycles. The molecule has 0 N–H and O–H groups in total. The van der Waals surface area contributed by atoms with E-state index in [0.29, 0.717) is 11.5 Å². The standard InChI is InChI=1S/C30H60ClN/c1-4-6-8-10-12-14-16-18-20-22-26-30(3,29-25-24-28-32(29)31)27-23-21-19-17-15-13-11-9-7-5-2/h29H,4-28H2,1-3H3. The van der Waals surface area contributed by atoms with E-state index in [1.165, 1.54) is 154 Å². The molecule has 2 heteroatoms. The van der Waals surface area contributed by atoms with Crippen LogP contribution < -0.4 is 0 Å². The molecule has 0 amide bonds. The zero-order valence-corrected chi connectivity index (χ0v) is 23.3. The molecule has 1 fully saturated rings. The second-order valence-electron chi connectivity index (χ2n) is 11.3. The van der Waals surface area contributed by atoms with Crippen molar-refractivity contribution in [1.29, 1.82) is 0 Å². The van der Waals surface area contributed by atoms with E-state index in [4.69, 9.17) is 11.8 Å². The van der Waals surface area contributed by atoms with Crippen molar-refractivity contribution in [2.24, 2.45) is 5.41 Å². The molecular formula is C30H60ClN. The molecule has 1 aliphatic rings. The number of unbranched alkanes of at least 4 members (excludes halogenated alkanes) is 18. The van der Waals surface area contributed by atoms with Gasteiger partial charge in [0.25, 0.3) is 0 Å². The van der Waals surface area contributed by atoms with Gasteiger partial charge in [-0.2, -0.15) is 0 Å². The number of rotatable bonds is 23. The lowest BCUT2D eigenvalue weighted by molar-refractivity contribution is 0.138. The molecule has 0 aliphatic carbocycles. The van der Waals surface area contributed by atoms with Gasteiger partial charge in [0.05, 0.1) is 0 Å². The van der Waals surface area contributed by atoms with Gasteiger partial charge in [0, 0.05) is 12.6 Å². The maximum atomic E-state index is 6.66. The molecule has 0 aromatic carbocycles. The van der Waals surface area contributed by atoms with Gasteiger partial charge in [-0.05, 0) is 42.9 Å². The second-order valence-corrected chi connectivity index (χ2v) is 11.7. The van der Waals surface area contributed by atoms with E-state index in [-0.39, 0.29) is 0 Å². The Morgan fingerprint density at radius 1 is 0.594 bits per heavy atom. The fourth-order valence-electron chi connectivity index (χ4n) is 5.91. The van der Waals surface area contributed by atoms with Crippen molar-refractivity contribution in [3.63, 3.8) is 0 Å². The summed E-state index contributed by atoms with van der Waals surface area (Å²) in [7, 11) is 0. The first-order valence-electron chi connectivity index (χ1n) is 15.1. The minimum absolute atomic E-state index is 0.429. The van der Waals surface area contributed by atoms with Gasteiger partial charge in [0.15, 0.2) is 0 Å². The highest BCUT2D eigenvalue weighted by Crippen LogP contribution is 2.42. The van der Waals surface area contributed by atoms with Gasteiger partial charge >= 0.3 is 0 Å². The highest BCUT2D eigenvalue weighted by Gasteiger charge is 2.39. The van der Waals surface area contributed by atoms with Crippen LogP contribution in [0.3, 0.4) is 0 Å². The highest BCUT2D eigenvalue weighted by atomic mass is 35.5. The molecule has 32 heavy (non-hydrogen) atoms. The van der Waals surface area contributed by atoms with E-state index in [9.17, 15) is 0 Å². The Kier molecular flexibility index (Phi) is 19.5. The van der Waals surface area contributed by atoms with Crippen LogP contribution in [0.2, 0.25) is 0 Å². The molecule has 1 rings (SSSR count). The summed E-state index contributed by atoms with van der Waals surface area (Å²) in [6, 6.07) is 0.612. The zero-order chi connectivity index (χ0) is 23.3. The fourth-order valence-corrected chi connectivity index (χ4v) is 6.36. The largest absolute Gasteiger partial charge is 0.217 e.